The normalized spacial score (nSPS) is 15.7. The Balaban J connectivity index is 1.42. The SMILES string of the molecule is CCCc1cc(C(=O)N2CCC(c3nc4ccccc4s3)CC2)sc1C. The predicted octanol–water partition coefficient (Wildman–Crippen LogP) is 5.64. The van der Waals surface area contributed by atoms with Gasteiger partial charge in [-0.05, 0) is 49.9 Å². The van der Waals surface area contributed by atoms with Gasteiger partial charge in [0, 0.05) is 23.9 Å². The molecule has 26 heavy (non-hydrogen) atoms. The van der Waals surface area contributed by atoms with E-state index in [2.05, 4.69) is 38.1 Å². The van der Waals surface area contributed by atoms with Crippen LogP contribution in [0.1, 0.15) is 57.2 Å². The lowest BCUT2D eigenvalue weighted by Gasteiger charge is -2.30. The molecule has 0 bridgehead atoms. The van der Waals surface area contributed by atoms with Crippen LogP contribution in [0.4, 0.5) is 0 Å². The standard InChI is InChI=1S/C21H24N2OS2/c1-3-6-16-13-19(25-14(16)2)21(24)23-11-9-15(10-12-23)20-22-17-7-4-5-8-18(17)26-20/h4-5,7-8,13,15H,3,6,9-12H2,1-2H3. The van der Waals surface area contributed by atoms with Crippen molar-refractivity contribution in [1.29, 1.82) is 0 Å². The van der Waals surface area contributed by atoms with Crippen molar-refractivity contribution in [3.63, 3.8) is 0 Å². The highest BCUT2D eigenvalue weighted by molar-refractivity contribution is 7.18. The Labute approximate surface area is 162 Å². The van der Waals surface area contributed by atoms with E-state index < -0.39 is 0 Å². The summed E-state index contributed by atoms with van der Waals surface area (Å²) in [5, 5.41) is 1.23. The summed E-state index contributed by atoms with van der Waals surface area (Å²) in [5.74, 6) is 0.695. The number of para-hydroxylation sites is 1. The monoisotopic (exact) mass is 384 g/mol. The van der Waals surface area contributed by atoms with Gasteiger partial charge in [-0.3, -0.25) is 4.79 Å². The summed E-state index contributed by atoms with van der Waals surface area (Å²) < 4.78 is 1.26. The second-order valence-corrected chi connectivity index (χ2v) is 9.35. The number of likely N-dealkylation sites (tertiary alicyclic amines) is 1. The highest BCUT2D eigenvalue weighted by Gasteiger charge is 2.27. The van der Waals surface area contributed by atoms with E-state index in [1.807, 2.05) is 22.3 Å². The molecule has 3 aromatic rings. The predicted molar refractivity (Wildman–Crippen MR) is 111 cm³/mol. The zero-order valence-corrected chi connectivity index (χ0v) is 17.0. The first-order valence-corrected chi connectivity index (χ1v) is 11.0. The number of amides is 1. The maximum absolute atomic E-state index is 12.9. The summed E-state index contributed by atoms with van der Waals surface area (Å²) in [6.07, 6.45) is 4.21. The van der Waals surface area contributed by atoms with Crippen LogP contribution in [-0.4, -0.2) is 28.9 Å². The third kappa shape index (κ3) is 3.42. The summed E-state index contributed by atoms with van der Waals surface area (Å²) >= 11 is 3.46. The van der Waals surface area contributed by atoms with Crippen LogP contribution in [0, 0.1) is 6.92 Å². The van der Waals surface area contributed by atoms with Crippen LogP contribution in [-0.2, 0) is 6.42 Å². The number of rotatable bonds is 4. The second kappa shape index (κ2) is 7.49. The fraction of sp³-hybridized carbons (Fsp3) is 0.429. The van der Waals surface area contributed by atoms with E-state index in [0.717, 1.165) is 49.2 Å². The average Bonchev–Trinajstić information content (AvgIpc) is 3.25. The van der Waals surface area contributed by atoms with Crippen LogP contribution in [0.3, 0.4) is 0 Å². The molecular weight excluding hydrogens is 360 g/mol. The molecule has 1 aliphatic rings. The van der Waals surface area contributed by atoms with Crippen LogP contribution in [0.2, 0.25) is 0 Å². The number of piperidine rings is 1. The van der Waals surface area contributed by atoms with Gasteiger partial charge in [0.25, 0.3) is 5.91 Å². The Hall–Kier alpha value is -1.72. The van der Waals surface area contributed by atoms with Crippen molar-refractivity contribution in [1.82, 2.24) is 9.88 Å². The van der Waals surface area contributed by atoms with Crippen LogP contribution < -0.4 is 0 Å². The smallest absolute Gasteiger partial charge is 0.263 e. The van der Waals surface area contributed by atoms with E-state index in [1.54, 1.807) is 11.3 Å². The molecule has 0 unspecified atom stereocenters. The van der Waals surface area contributed by atoms with Gasteiger partial charge in [0.1, 0.15) is 0 Å². The molecule has 0 spiro atoms. The quantitative estimate of drug-likeness (QED) is 0.583. The van der Waals surface area contributed by atoms with Crippen molar-refractivity contribution >= 4 is 38.8 Å². The molecule has 0 N–H and O–H groups in total. The number of thiazole rings is 1. The van der Waals surface area contributed by atoms with Crippen molar-refractivity contribution in [2.75, 3.05) is 13.1 Å². The van der Waals surface area contributed by atoms with Crippen LogP contribution >= 0.6 is 22.7 Å². The zero-order chi connectivity index (χ0) is 18.1. The number of carbonyl (C=O) groups is 1. The highest BCUT2D eigenvalue weighted by Crippen LogP contribution is 2.34. The van der Waals surface area contributed by atoms with Gasteiger partial charge >= 0.3 is 0 Å². The van der Waals surface area contributed by atoms with Gasteiger partial charge < -0.3 is 4.90 Å². The molecule has 2 aromatic heterocycles. The van der Waals surface area contributed by atoms with Crippen molar-refractivity contribution < 1.29 is 4.79 Å². The van der Waals surface area contributed by atoms with Gasteiger partial charge in [0.15, 0.2) is 0 Å². The largest absolute Gasteiger partial charge is 0.338 e. The Kier molecular flexibility index (Phi) is 5.09. The minimum Gasteiger partial charge on any atom is -0.338 e. The fourth-order valence-electron chi connectivity index (χ4n) is 3.69. The Morgan fingerprint density at radius 3 is 2.73 bits per heavy atom. The maximum Gasteiger partial charge on any atom is 0.263 e. The number of nitrogens with zero attached hydrogens (tertiary/aromatic N) is 2. The zero-order valence-electron chi connectivity index (χ0n) is 15.3. The average molecular weight is 385 g/mol. The molecule has 3 nitrogen and oxygen atoms in total. The number of aromatic nitrogens is 1. The van der Waals surface area contributed by atoms with Gasteiger partial charge in [-0.25, -0.2) is 4.98 Å². The van der Waals surface area contributed by atoms with Crippen LogP contribution in [0.25, 0.3) is 10.2 Å². The minimum absolute atomic E-state index is 0.211. The first-order valence-electron chi connectivity index (χ1n) is 9.39. The second-order valence-electron chi connectivity index (χ2n) is 7.03. The van der Waals surface area contributed by atoms with E-state index in [1.165, 1.54) is 20.1 Å². The van der Waals surface area contributed by atoms with Crippen molar-refractivity contribution in [3.05, 3.63) is 50.7 Å². The number of hydrogen-bond acceptors (Lipinski definition) is 4. The minimum atomic E-state index is 0.211. The molecule has 1 fully saturated rings. The summed E-state index contributed by atoms with van der Waals surface area (Å²) in [4.78, 5) is 21.9. The number of thiophene rings is 1. The molecule has 1 saturated heterocycles. The van der Waals surface area contributed by atoms with Crippen LogP contribution in [0.15, 0.2) is 30.3 Å². The lowest BCUT2D eigenvalue weighted by molar-refractivity contribution is 0.0718. The van der Waals surface area contributed by atoms with Gasteiger partial charge in [0.05, 0.1) is 20.1 Å². The van der Waals surface area contributed by atoms with E-state index in [4.69, 9.17) is 4.98 Å². The number of benzene rings is 1. The summed E-state index contributed by atoms with van der Waals surface area (Å²) in [7, 11) is 0. The molecule has 136 valence electrons. The molecule has 1 amide bonds. The van der Waals surface area contributed by atoms with Crippen LogP contribution in [0.5, 0.6) is 0 Å². The van der Waals surface area contributed by atoms with Gasteiger partial charge in [-0.2, -0.15) is 0 Å². The van der Waals surface area contributed by atoms with E-state index in [0.29, 0.717) is 5.92 Å². The number of hydrogen-bond donors (Lipinski definition) is 0. The Morgan fingerprint density at radius 2 is 2.00 bits per heavy atom. The highest BCUT2D eigenvalue weighted by atomic mass is 32.1. The van der Waals surface area contributed by atoms with E-state index >= 15 is 0 Å². The molecular formula is C21H24N2OS2. The van der Waals surface area contributed by atoms with Crippen molar-refractivity contribution in [3.8, 4) is 0 Å². The molecule has 0 atom stereocenters. The molecule has 0 saturated carbocycles. The summed E-state index contributed by atoms with van der Waals surface area (Å²) in [6, 6.07) is 10.5. The fourth-order valence-corrected chi connectivity index (χ4v) is 5.87. The van der Waals surface area contributed by atoms with Gasteiger partial charge in [0.2, 0.25) is 0 Å². The lowest BCUT2D eigenvalue weighted by Crippen LogP contribution is -2.37. The molecule has 1 aliphatic heterocycles. The first-order chi connectivity index (χ1) is 12.7. The summed E-state index contributed by atoms with van der Waals surface area (Å²) in [5.41, 5.74) is 2.44. The number of aryl methyl sites for hydroxylation is 2. The topological polar surface area (TPSA) is 33.2 Å². The third-order valence-electron chi connectivity index (χ3n) is 5.19. The number of carbonyl (C=O) groups excluding carboxylic acids is 1. The van der Waals surface area contributed by atoms with Gasteiger partial charge in [-0.15, -0.1) is 22.7 Å². The molecule has 1 aromatic carbocycles. The van der Waals surface area contributed by atoms with Gasteiger partial charge in [-0.1, -0.05) is 25.5 Å². The maximum atomic E-state index is 12.9. The Bertz CT molecular complexity index is 886. The van der Waals surface area contributed by atoms with E-state index in [9.17, 15) is 4.79 Å². The first kappa shape index (κ1) is 17.7. The van der Waals surface area contributed by atoms with Crippen molar-refractivity contribution in [2.45, 2.75) is 45.4 Å². The molecule has 4 rings (SSSR count). The lowest BCUT2D eigenvalue weighted by atomic mass is 9.97. The third-order valence-corrected chi connectivity index (χ3v) is 7.47. The van der Waals surface area contributed by atoms with E-state index in [-0.39, 0.29) is 5.91 Å². The van der Waals surface area contributed by atoms with Crippen molar-refractivity contribution in [2.24, 2.45) is 0 Å². The Morgan fingerprint density at radius 1 is 1.23 bits per heavy atom. The molecule has 3 heterocycles. The number of fused-ring (bicyclic) bond motifs is 1. The molecule has 0 aliphatic carbocycles. The molecule has 0 radical (unpaired) electrons. The molecule has 5 heteroatoms. The summed E-state index contributed by atoms with van der Waals surface area (Å²) in [6.45, 7) is 5.98.